The smallest absolute Gasteiger partial charge is 0.496 e. The number of hydrogen-bond donors (Lipinski definition) is 1. The Kier molecular flexibility index (Phi) is 6.92. The molecule has 0 saturated heterocycles. The first-order valence-corrected chi connectivity index (χ1v) is 10.8. The van der Waals surface area contributed by atoms with E-state index in [4.69, 9.17) is 14.2 Å². The van der Waals surface area contributed by atoms with E-state index >= 15 is 0 Å². The van der Waals surface area contributed by atoms with Gasteiger partial charge in [0.2, 0.25) is 0 Å². The minimum Gasteiger partial charge on any atom is -0.496 e. The van der Waals surface area contributed by atoms with E-state index < -0.39 is 35.3 Å². The maximum Gasteiger partial charge on any atom is 0.573 e. The Morgan fingerprint density at radius 2 is 1.84 bits per heavy atom. The predicted molar refractivity (Wildman–Crippen MR) is 120 cm³/mol. The predicted octanol–water partition coefficient (Wildman–Crippen LogP) is 4.37. The molecule has 194 valence electrons. The third-order valence-corrected chi connectivity index (χ3v) is 5.75. The van der Waals surface area contributed by atoms with Crippen LogP contribution in [-0.2, 0) is 10.3 Å². The molecule has 37 heavy (non-hydrogen) atoms. The number of alkyl halides is 3. The molecular weight excluding hydrogens is 500 g/mol. The lowest BCUT2D eigenvalue weighted by molar-refractivity contribution is -0.275. The summed E-state index contributed by atoms with van der Waals surface area (Å²) in [5.74, 6) is -3.24. The van der Waals surface area contributed by atoms with Crippen LogP contribution in [0.1, 0.15) is 38.4 Å². The second-order valence-corrected chi connectivity index (χ2v) is 7.91. The van der Waals surface area contributed by atoms with Gasteiger partial charge in [0.05, 0.1) is 20.8 Å². The van der Waals surface area contributed by atoms with Crippen molar-refractivity contribution in [1.82, 2.24) is 10.3 Å². The number of fused-ring (bicyclic) bond motifs is 1. The van der Waals surface area contributed by atoms with E-state index in [0.29, 0.717) is 5.75 Å². The zero-order valence-electron chi connectivity index (χ0n) is 19.5. The van der Waals surface area contributed by atoms with Crippen molar-refractivity contribution in [3.05, 3.63) is 82.9 Å². The highest BCUT2D eigenvalue weighted by atomic mass is 19.4. The number of ether oxygens (including phenoxy) is 4. The number of aromatic nitrogens is 1. The highest BCUT2D eigenvalue weighted by Gasteiger charge is 2.43. The summed E-state index contributed by atoms with van der Waals surface area (Å²) >= 11 is 0. The standard InChI is InChI=1S/C25H20F4N2O6/c1-34-18-7-5-14(12-16(18)23(33)35-2)22(32)31-24(9-11-36-20-4-3-10-30-21(20)24)15-6-8-19(17(26)13-15)37-25(27,28)29/h3-8,10,12-13H,9,11H2,1-2H3,(H,31,32). The Morgan fingerprint density at radius 3 is 2.51 bits per heavy atom. The SMILES string of the molecule is COC(=O)c1cc(C(=O)NC2(c3ccc(OC(F)(F)F)c(F)c3)CCOc3cccnc32)ccc1OC. The van der Waals surface area contributed by atoms with Gasteiger partial charge >= 0.3 is 12.3 Å². The molecule has 0 aliphatic carbocycles. The number of pyridine rings is 1. The summed E-state index contributed by atoms with van der Waals surface area (Å²) in [5, 5.41) is 2.83. The number of hydrogen-bond acceptors (Lipinski definition) is 7. The lowest BCUT2D eigenvalue weighted by atomic mass is 9.81. The summed E-state index contributed by atoms with van der Waals surface area (Å²) in [6.07, 6.45) is -3.58. The second kappa shape index (κ2) is 9.96. The van der Waals surface area contributed by atoms with Crippen molar-refractivity contribution in [2.75, 3.05) is 20.8 Å². The van der Waals surface area contributed by atoms with Gasteiger partial charge in [0.15, 0.2) is 11.6 Å². The maximum atomic E-state index is 14.8. The zero-order chi connectivity index (χ0) is 26.8. The number of halogens is 4. The highest BCUT2D eigenvalue weighted by molar-refractivity contribution is 6.00. The summed E-state index contributed by atoms with van der Waals surface area (Å²) in [6.45, 7) is 0.0808. The van der Waals surface area contributed by atoms with E-state index in [0.717, 1.165) is 12.1 Å². The Labute approximate surface area is 208 Å². The van der Waals surface area contributed by atoms with Crippen LogP contribution in [0, 0.1) is 5.82 Å². The molecule has 3 aromatic rings. The summed E-state index contributed by atoms with van der Waals surface area (Å²) in [7, 11) is 2.52. The molecule has 0 spiro atoms. The largest absolute Gasteiger partial charge is 0.573 e. The van der Waals surface area contributed by atoms with Crippen molar-refractivity contribution in [2.45, 2.75) is 18.3 Å². The maximum absolute atomic E-state index is 14.8. The summed E-state index contributed by atoms with van der Waals surface area (Å²) < 4.78 is 72.0. The lowest BCUT2D eigenvalue weighted by Gasteiger charge is -2.39. The summed E-state index contributed by atoms with van der Waals surface area (Å²) in [5.41, 5.74) is -1.12. The van der Waals surface area contributed by atoms with Gasteiger partial charge in [0.25, 0.3) is 5.91 Å². The first-order valence-electron chi connectivity index (χ1n) is 10.8. The summed E-state index contributed by atoms with van der Waals surface area (Å²) in [6, 6.07) is 10.2. The number of rotatable bonds is 6. The van der Waals surface area contributed by atoms with Crippen LogP contribution in [0.3, 0.4) is 0 Å². The van der Waals surface area contributed by atoms with E-state index in [9.17, 15) is 27.2 Å². The summed E-state index contributed by atoms with van der Waals surface area (Å²) in [4.78, 5) is 30.0. The third-order valence-electron chi connectivity index (χ3n) is 5.75. The third kappa shape index (κ3) is 5.13. The van der Waals surface area contributed by atoms with Crippen LogP contribution >= 0.6 is 0 Å². The van der Waals surface area contributed by atoms with Crippen LogP contribution in [0.4, 0.5) is 17.6 Å². The Hall–Kier alpha value is -4.35. The Balaban J connectivity index is 1.80. The van der Waals surface area contributed by atoms with E-state index in [1.54, 1.807) is 12.1 Å². The molecule has 2 aromatic carbocycles. The van der Waals surface area contributed by atoms with Crippen LogP contribution in [0.2, 0.25) is 0 Å². The fourth-order valence-corrected chi connectivity index (χ4v) is 4.09. The normalized spacial score (nSPS) is 16.7. The first kappa shape index (κ1) is 25.7. The number of nitrogens with zero attached hydrogens (tertiary/aromatic N) is 1. The highest BCUT2D eigenvalue weighted by Crippen LogP contribution is 2.42. The van der Waals surface area contributed by atoms with Gasteiger partial charge < -0.3 is 24.3 Å². The molecule has 1 aromatic heterocycles. The van der Waals surface area contributed by atoms with Crippen LogP contribution in [-0.4, -0.2) is 44.0 Å². The average molecular weight is 520 g/mol. The van der Waals surface area contributed by atoms with E-state index in [1.807, 2.05) is 0 Å². The molecule has 1 aliphatic rings. The molecule has 0 fully saturated rings. The van der Waals surface area contributed by atoms with Gasteiger partial charge in [-0.3, -0.25) is 9.78 Å². The number of carbonyl (C=O) groups is 2. The van der Waals surface area contributed by atoms with Crippen molar-refractivity contribution < 1.29 is 46.1 Å². The number of amides is 1. The average Bonchev–Trinajstić information content (AvgIpc) is 2.88. The number of esters is 1. The number of benzene rings is 2. The minimum absolute atomic E-state index is 0.00287. The van der Waals surface area contributed by atoms with E-state index in [1.165, 1.54) is 44.7 Å². The lowest BCUT2D eigenvalue weighted by Crippen LogP contribution is -2.50. The van der Waals surface area contributed by atoms with E-state index in [2.05, 4.69) is 15.0 Å². The van der Waals surface area contributed by atoms with Crippen LogP contribution < -0.4 is 19.5 Å². The van der Waals surface area contributed by atoms with Crippen LogP contribution in [0.15, 0.2) is 54.7 Å². The Bertz CT molecular complexity index is 1350. The monoisotopic (exact) mass is 520 g/mol. The van der Waals surface area contributed by atoms with Crippen molar-refractivity contribution >= 4 is 11.9 Å². The molecule has 0 saturated carbocycles. The molecule has 0 radical (unpaired) electrons. The van der Waals surface area contributed by atoms with Crippen LogP contribution in [0.25, 0.3) is 0 Å². The zero-order valence-corrected chi connectivity index (χ0v) is 19.5. The van der Waals surface area contributed by atoms with E-state index in [-0.39, 0.29) is 41.2 Å². The van der Waals surface area contributed by atoms with Gasteiger partial charge in [-0.05, 0) is 48.0 Å². The second-order valence-electron chi connectivity index (χ2n) is 7.91. The van der Waals surface area contributed by atoms with Crippen molar-refractivity contribution in [3.63, 3.8) is 0 Å². The topological polar surface area (TPSA) is 96.0 Å². The van der Waals surface area contributed by atoms with Gasteiger partial charge in [-0.1, -0.05) is 6.07 Å². The van der Waals surface area contributed by atoms with Gasteiger partial charge in [-0.25, -0.2) is 9.18 Å². The van der Waals surface area contributed by atoms with Gasteiger partial charge in [-0.15, -0.1) is 13.2 Å². The molecule has 2 heterocycles. The number of nitrogens with one attached hydrogen (secondary N) is 1. The van der Waals surface area contributed by atoms with Crippen molar-refractivity contribution in [3.8, 4) is 17.2 Å². The fourth-order valence-electron chi connectivity index (χ4n) is 4.09. The molecular formula is C25H20F4N2O6. The quantitative estimate of drug-likeness (QED) is 0.381. The van der Waals surface area contributed by atoms with Crippen molar-refractivity contribution in [1.29, 1.82) is 0 Å². The molecule has 1 aliphatic heterocycles. The fraction of sp³-hybridized carbons (Fsp3) is 0.240. The molecule has 4 rings (SSSR count). The molecule has 1 N–H and O–H groups in total. The van der Waals surface area contributed by atoms with Gasteiger partial charge in [0, 0.05) is 18.2 Å². The van der Waals surface area contributed by atoms with Crippen LogP contribution in [0.5, 0.6) is 17.2 Å². The van der Waals surface area contributed by atoms with Gasteiger partial charge in [0.1, 0.15) is 28.3 Å². The number of methoxy groups -OCH3 is 2. The molecule has 12 heteroatoms. The van der Waals surface area contributed by atoms with Crippen molar-refractivity contribution in [2.24, 2.45) is 0 Å². The Morgan fingerprint density at radius 1 is 1.08 bits per heavy atom. The van der Waals surface area contributed by atoms with Gasteiger partial charge in [-0.2, -0.15) is 0 Å². The molecule has 1 unspecified atom stereocenters. The molecule has 8 nitrogen and oxygen atoms in total. The molecule has 1 amide bonds. The molecule has 0 bridgehead atoms. The minimum atomic E-state index is -5.09. The first-order chi connectivity index (χ1) is 17.6. The molecule has 1 atom stereocenters. The number of carbonyl (C=O) groups excluding carboxylic acids is 2.